The van der Waals surface area contributed by atoms with Gasteiger partial charge in [0.25, 0.3) is 0 Å². The maximum Gasteiger partial charge on any atom is 0.511 e. The number of carboxylic acid groups (broad SMARTS) is 1. The topological polar surface area (TPSA) is 134 Å². The first-order valence-electron chi connectivity index (χ1n) is 11.8. The Bertz CT molecular complexity index is 1040. The van der Waals surface area contributed by atoms with E-state index in [1.807, 2.05) is 0 Å². The van der Waals surface area contributed by atoms with Crippen molar-refractivity contribution in [1.29, 1.82) is 0 Å². The molecule has 0 bridgehead atoms. The molecule has 0 aromatic heterocycles. The summed E-state index contributed by atoms with van der Waals surface area (Å²) in [6, 6.07) is 4.79. The van der Waals surface area contributed by atoms with Crippen LogP contribution in [0.25, 0.3) is 0 Å². The van der Waals surface area contributed by atoms with Crippen LogP contribution >= 0.6 is 23.2 Å². The van der Waals surface area contributed by atoms with Crippen LogP contribution in [0.3, 0.4) is 0 Å². The lowest BCUT2D eigenvalue weighted by molar-refractivity contribution is -0.180. The Morgan fingerprint density at radius 3 is 2.50 bits per heavy atom. The van der Waals surface area contributed by atoms with E-state index in [4.69, 9.17) is 47.9 Å². The van der Waals surface area contributed by atoms with Gasteiger partial charge >= 0.3 is 18.1 Å². The number of rotatable bonds is 8. The summed E-state index contributed by atoms with van der Waals surface area (Å²) < 4.78 is 36.5. The third kappa shape index (κ3) is 5.01. The highest BCUT2D eigenvalue weighted by Crippen LogP contribution is 2.67. The number of aliphatic carboxylic acids is 1. The SMILES string of the molecule is CC(OC(=O)OC1CCCCC1)OC(=O)[C@@]1(F)[C@@H]2C[C@@H](OCc3ccc(Cl)c(Cl)c3)[C@@](N)(C(=O)O)[C@@H]21. The average molecular weight is 548 g/mol. The van der Waals surface area contributed by atoms with E-state index >= 15 is 4.39 Å². The molecule has 0 aliphatic heterocycles. The van der Waals surface area contributed by atoms with Gasteiger partial charge in [-0.1, -0.05) is 35.7 Å². The number of fused-ring (bicyclic) bond motifs is 1. The van der Waals surface area contributed by atoms with Crippen LogP contribution in [0.2, 0.25) is 10.0 Å². The van der Waals surface area contributed by atoms with Crippen LogP contribution in [0.4, 0.5) is 9.18 Å². The molecule has 3 aliphatic carbocycles. The van der Waals surface area contributed by atoms with Crippen LogP contribution in [-0.2, 0) is 35.1 Å². The van der Waals surface area contributed by atoms with Crippen LogP contribution in [0.15, 0.2) is 18.2 Å². The molecule has 9 nitrogen and oxygen atoms in total. The first kappa shape index (κ1) is 26.9. The third-order valence-corrected chi connectivity index (χ3v) is 8.01. The second kappa shape index (κ2) is 10.3. The highest BCUT2D eigenvalue weighted by molar-refractivity contribution is 6.42. The lowest BCUT2D eigenvalue weighted by Gasteiger charge is -2.32. The van der Waals surface area contributed by atoms with E-state index in [0.717, 1.165) is 32.1 Å². The average Bonchev–Trinajstić information content (AvgIpc) is 3.29. The summed E-state index contributed by atoms with van der Waals surface area (Å²) in [6.45, 7) is 1.21. The van der Waals surface area contributed by atoms with E-state index in [2.05, 4.69) is 0 Å². The predicted octanol–water partition coefficient (Wildman–Crippen LogP) is 4.39. The molecule has 3 fully saturated rings. The van der Waals surface area contributed by atoms with Crippen molar-refractivity contribution in [2.75, 3.05) is 0 Å². The zero-order valence-corrected chi connectivity index (χ0v) is 21.1. The number of alkyl halides is 1. The molecule has 0 spiro atoms. The van der Waals surface area contributed by atoms with Crippen molar-refractivity contribution in [3.8, 4) is 0 Å². The van der Waals surface area contributed by atoms with Gasteiger partial charge in [0.05, 0.1) is 22.8 Å². The second-order valence-corrected chi connectivity index (χ2v) is 10.4. The minimum Gasteiger partial charge on any atom is -0.480 e. The lowest BCUT2D eigenvalue weighted by atomic mass is 9.88. The number of hydrogen-bond donors (Lipinski definition) is 2. The Labute approximate surface area is 217 Å². The number of ether oxygens (including phenoxy) is 4. The normalized spacial score (nSPS) is 32.3. The zero-order chi connectivity index (χ0) is 26.3. The predicted molar refractivity (Wildman–Crippen MR) is 125 cm³/mol. The molecule has 36 heavy (non-hydrogen) atoms. The Hall–Kier alpha value is -2.14. The van der Waals surface area contributed by atoms with Crippen LogP contribution in [0.1, 0.15) is 51.0 Å². The smallest absolute Gasteiger partial charge is 0.480 e. The van der Waals surface area contributed by atoms with Gasteiger partial charge in [-0.3, -0.25) is 4.79 Å². The van der Waals surface area contributed by atoms with E-state index < -0.39 is 53.5 Å². The first-order valence-corrected chi connectivity index (χ1v) is 12.6. The summed E-state index contributed by atoms with van der Waals surface area (Å²) >= 11 is 11.9. The number of nitrogens with two attached hydrogens (primary N) is 1. The van der Waals surface area contributed by atoms with Gasteiger partial charge in [0.2, 0.25) is 12.0 Å². The number of esters is 1. The molecular formula is C24H28Cl2FNO8. The van der Waals surface area contributed by atoms with Crippen molar-refractivity contribution >= 4 is 41.3 Å². The second-order valence-electron chi connectivity index (χ2n) is 9.59. The summed E-state index contributed by atoms with van der Waals surface area (Å²) in [5.41, 5.74) is 1.97. The number of halogens is 3. The molecule has 1 unspecified atom stereocenters. The fraction of sp³-hybridized carbons (Fsp3) is 0.625. The molecular weight excluding hydrogens is 520 g/mol. The molecule has 1 aromatic carbocycles. The molecule has 12 heteroatoms. The molecule has 198 valence electrons. The molecule has 3 aliphatic rings. The van der Waals surface area contributed by atoms with E-state index in [9.17, 15) is 19.5 Å². The monoisotopic (exact) mass is 547 g/mol. The lowest BCUT2D eigenvalue weighted by Crippen LogP contribution is -2.60. The quantitative estimate of drug-likeness (QED) is 0.358. The van der Waals surface area contributed by atoms with Gasteiger partial charge in [-0.05, 0) is 49.8 Å². The summed E-state index contributed by atoms with van der Waals surface area (Å²) in [7, 11) is 0. The summed E-state index contributed by atoms with van der Waals surface area (Å²) in [4.78, 5) is 36.7. The summed E-state index contributed by atoms with van der Waals surface area (Å²) in [5.74, 6) is -5.22. The third-order valence-electron chi connectivity index (χ3n) is 7.27. The molecule has 3 N–H and O–H groups in total. The van der Waals surface area contributed by atoms with Gasteiger partial charge in [0, 0.05) is 18.8 Å². The minimum atomic E-state index is -2.64. The maximum absolute atomic E-state index is 15.7. The van der Waals surface area contributed by atoms with Crippen LogP contribution < -0.4 is 5.73 Å². The van der Waals surface area contributed by atoms with Crippen molar-refractivity contribution in [2.45, 2.75) is 81.8 Å². The molecule has 6 atom stereocenters. The van der Waals surface area contributed by atoms with Crippen molar-refractivity contribution in [3.05, 3.63) is 33.8 Å². The fourth-order valence-corrected chi connectivity index (χ4v) is 5.69. The fourth-order valence-electron chi connectivity index (χ4n) is 5.37. The molecule has 0 radical (unpaired) electrons. The largest absolute Gasteiger partial charge is 0.511 e. The van der Waals surface area contributed by atoms with E-state index in [-0.39, 0.29) is 19.1 Å². The number of benzene rings is 1. The van der Waals surface area contributed by atoms with Gasteiger partial charge in [-0.15, -0.1) is 0 Å². The van der Waals surface area contributed by atoms with Crippen LogP contribution in [0, 0.1) is 11.8 Å². The summed E-state index contributed by atoms with van der Waals surface area (Å²) in [5, 5.41) is 10.5. The van der Waals surface area contributed by atoms with Crippen molar-refractivity contribution in [3.63, 3.8) is 0 Å². The highest BCUT2D eigenvalue weighted by Gasteiger charge is 2.85. The molecule has 0 amide bonds. The molecule has 0 heterocycles. The number of carbonyl (C=O) groups excluding carboxylic acids is 2. The number of hydrogen-bond acceptors (Lipinski definition) is 8. The maximum atomic E-state index is 15.7. The van der Waals surface area contributed by atoms with Crippen LogP contribution in [-0.4, -0.2) is 52.9 Å². The van der Waals surface area contributed by atoms with E-state index in [1.54, 1.807) is 18.2 Å². The molecule has 0 saturated heterocycles. The van der Waals surface area contributed by atoms with Crippen molar-refractivity contribution in [1.82, 2.24) is 0 Å². The minimum absolute atomic E-state index is 0.0368. The Morgan fingerprint density at radius 2 is 1.86 bits per heavy atom. The van der Waals surface area contributed by atoms with Gasteiger partial charge in [0.15, 0.2) is 0 Å². The Morgan fingerprint density at radius 1 is 1.17 bits per heavy atom. The Balaban J connectivity index is 1.34. The molecule has 3 saturated carbocycles. The van der Waals surface area contributed by atoms with Crippen LogP contribution in [0.5, 0.6) is 0 Å². The van der Waals surface area contributed by atoms with Gasteiger partial charge in [-0.2, -0.15) is 0 Å². The molecule has 4 rings (SSSR count). The first-order chi connectivity index (χ1) is 17.0. The van der Waals surface area contributed by atoms with Crippen molar-refractivity contribution < 1.29 is 42.8 Å². The summed E-state index contributed by atoms with van der Waals surface area (Å²) in [6.07, 6.45) is 0.528. The highest BCUT2D eigenvalue weighted by atomic mass is 35.5. The van der Waals surface area contributed by atoms with Crippen molar-refractivity contribution in [2.24, 2.45) is 17.6 Å². The number of carboxylic acids is 1. The van der Waals surface area contributed by atoms with E-state index in [1.165, 1.54) is 6.92 Å². The number of carbonyl (C=O) groups is 3. The standard InChI is InChI=1S/C24H28Cl2FNO8/c1-12(35-22(32)36-14-5-3-2-4-6-14)34-21(31)23(27)15-10-18(24(28,19(15)23)20(29)30)33-11-13-7-8-16(25)17(26)9-13/h7-9,12,14-15,18-19H,2-6,10-11,28H2,1H3,(H,29,30)/t12?,15-,18-,19+,23-,24+/m1/s1. The van der Waals surface area contributed by atoms with E-state index in [0.29, 0.717) is 15.6 Å². The van der Waals surface area contributed by atoms with Gasteiger partial charge in [-0.25, -0.2) is 14.0 Å². The molecule has 1 aromatic rings. The van der Waals surface area contributed by atoms with Gasteiger partial charge < -0.3 is 29.8 Å². The Kier molecular flexibility index (Phi) is 7.71. The van der Waals surface area contributed by atoms with Gasteiger partial charge in [0.1, 0.15) is 11.6 Å². The zero-order valence-electron chi connectivity index (χ0n) is 19.6.